The summed E-state index contributed by atoms with van der Waals surface area (Å²) in [7, 11) is 0. The molecule has 2 N–H and O–H groups in total. The first-order valence-electron chi connectivity index (χ1n) is 10.9. The Kier molecular flexibility index (Phi) is 6.50. The van der Waals surface area contributed by atoms with Gasteiger partial charge in [0, 0.05) is 24.8 Å². The van der Waals surface area contributed by atoms with Crippen LogP contribution in [0.3, 0.4) is 0 Å². The van der Waals surface area contributed by atoms with Crippen LogP contribution in [0, 0.1) is 0 Å². The molecular weight excluding hydrogens is 392 g/mol. The van der Waals surface area contributed by atoms with Crippen LogP contribution in [0.2, 0.25) is 0 Å². The van der Waals surface area contributed by atoms with E-state index in [4.69, 9.17) is 4.74 Å². The molecule has 31 heavy (non-hydrogen) atoms. The van der Waals surface area contributed by atoms with E-state index in [1.165, 1.54) is 0 Å². The second-order valence-corrected chi connectivity index (χ2v) is 7.93. The van der Waals surface area contributed by atoms with Crippen molar-refractivity contribution in [1.82, 2.24) is 20.2 Å². The maximum Gasteiger partial charge on any atom is 0.407 e. The molecular formula is C24H28N4O3. The van der Waals surface area contributed by atoms with Crippen LogP contribution in [0.15, 0.2) is 54.7 Å². The Bertz CT molecular complexity index is 1000. The minimum absolute atomic E-state index is 0.00625. The van der Waals surface area contributed by atoms with Gasteiger partial charge in [-0.15, -0.1) is 0 Å². The van der Waals surface area contributed by atoms with E-state index < -0.39 is 6.09 Å². The number of nitrogens with zero attached hydrogens (tertiary/aromatic N) is 2. The lowest BCUT2D eigenvalue weighted by atomic mass is 9.89. The second-order valence-electron chi connectivity index (χ2n) is 7.93. The zero-order chi connectivity index (χ0) is 21.6. The minimum atomic E-state index is -0.412. The monoisotopic (exact) mass is 420 g/mol. The summed E-state index contributed by atoms with van der Waals surface area (Å²) in [6.07, 6.45) is 4.79. The van der Waals surface area contributed by atoms with Gasteiger partial charge < -0.3 is 19.9 Å². The van der Waals surface area contributed by atoms with E-state index in [0.717, 1.165) is 42.3 Å². The number of nitrogens with one attached hydrogen (secondary N) is 2. The van der Waals surface area contributed by atoms with Gasteiger partial charge in [0.25, 0.3) is 5.91 Å². The third-order valence-electron chi connectivity index (χ3n) is 5.84. The van der Waals surface area contributed by atoms with Gasteiger partial charge >= 0.3 is 6.09 Å². The summed E-state index contributed by atoms with van der Waals surface area (Å²) >= 11 is 0. The molecule has 7 heteroatoms. The van der Waals surface area contributed by atoms with Crippen LogP contribution in [-0.2, 0) is 11.3 Å². The van der Waals surface area contributed by atoms with E-state index >= 15 is 0 Å². The van der Waals surface area contributed by atoms with Crippen molar-refractivity contribution in [3.63, 3.8) is 0 Å². The van der Waals surface area contributed by atoms with Gasteiger partial charge in [0.15, 0.2) is 0 Å². The Morgan fingerprint density at radius 1 is 1.19 bits per heavy atom. The maximum absolute atomic E-state index is 13.2. The summed E-state index contributed by atoms with van der Waals surface area (Å²) in [5.41, 5.74) is 3.14. The highest BCUT2D eigenvalue weighted by molar-refractivity contribution is 5.97. The topological polar surface area (TPSA) is 87.3 Å². The van der Waals surface area contributed by atoms with Gasteiger partial charge in [0.1, 0.15) is 12.3 Å². The largest absolute Gasteiger partial charge is 0.445 e. The fourth-order valence-corrected chi connectivity index (χ4v) is 4.30. The van der Waals surface area contributed by atoms with Crippen LogP contribution in [0.1, 0.15) is 48.7 Å². The molecule has 0 saturated heterocycles. The number of pyridine rings is 1. The fraction of sp³-hybridized carbons (Fsp3) is 0.375. The molecule has 4 rings (SSSR count). The summed E-state index contributed by atoms with van der Waals surface area (Å²) < 4.78 is 5.36. The number of fused-ring (bicyclic) bond motifs is 1. The highest BCUT2D eigenvalue weighted by Crippen LogP contribution is 2.25. The average Bonchev–Trinajstić information content (AvgIpc) is 3.24. The minimum Gasteiger partial charge on any atom is -0.445 e. The molecule has 1 fully saturated rings. The molecule has 2 aromatic heterocycles. The first kappa shape index (κ1) is 20.9. The second kappa shape index (κ2) is 9.64. The molecule has 3 aromatic rings. The lowest BCUT2D eigenvalue weighted by Gasteiger charge is -2.37. The highest BCUT2D eigenvalue weighted by Gasteiger charge is 2.31. The van der Waals surface area contributed by atoms with Gasteiger partial charge in [-0.25, -0.2) is 4.79 Å². The SMILES string of the molecule is CCN(C(=O)c1cc2ncccc2[nH]1)[C@H]1CCC[C@@H](NC(=O)OCc2ccccc2)C1. The number of ether oxygens (including phenoxy) is 1. The molecule has 0 radical (unpaired) electrons. The van der Waals surface area contributed by atoms with Crippen molar-refractivity contribution in [2.75, 3.05) is 6.54 Å². The van der Waals surface area contributed by atoms with Gasteiger partial charge in [0.05, 0.1) is 11.0 Å². The molecule has 0 aliphatic heterocycles. The first-order chi connectivity index (χ1) is 15.1. The van der Waals surface area contributed by atoms with Crippen LogP contribution in [0.4, 0.5) is 4.79 Å². The molecule has 1 saturated carbocycles. The third kappa shape index (κ3) is 5.05. The van der Waals surface area contributed by atoms with E-state index in [0.29, 0.717) is 12.2 Å². The Hall–Kier alpha value is -3.35. The number of rotatable bonds is 6. The van der Waals surface area contributed by atoms with E-state index in [9.17, 15) is 9.59 Å². The summed E-state index contributed by atoms with van der Waals surface area (Å²) in [5, 5.41) is 2.98. The summed E-state index contributed by atoms with van der Waals surface area (Å²) in [6.45, 7) is 2.85. The molecule has 162 valence electrons. The quantitative estimate of drug-likeness (QED) is 0.624. The van der Waals surface area contributed by atoms with Crippen molar-refractivity contribution < 1.29 is 14.3 Å². The van der Waals surface area contributed by atoms with Crippen LogP contribution in [-0.4, -0.2) is 45.5 Å². The summed E-state index contributed by atoms with van der Waals surface area (Å²) in [4.78, 5) is 34.8. The van der Waals surface area contributed by atoms with Gasteiger partial charge in [-0.2, -0.15) is 0 Å². The lowest BCUT2D eigenvalue weighted by Crippen LogP contribution is -2.48. The van der Waals surface area contributed by atoms with E-state index in [1.807, 2.05) is 54.3 Å². The number of amides is 2. The van der Waals surface area contributed by atoms with Crippen molar-refractivity contribution in [2.24, 2.45) is 0 Å². The predicted octanol–water partition coefficient (Wildman–Crippen LogP) is 4.26. The molecule has 0 bridgehead atoms. The van der Waals surface area contributed by atoms with Gasteiger partial charge in [-0.05, 0) is 56.4 Å². The number of benzene rings is 1. The first-order valence-corrected chi connectivity index (χ1v) is 10.9. The summed E-state index contributed by atoms with van der Waals surface area (Å²) in [5.74, 6) is -0.0298. The Morgan fingerprint density at radius 3 is 2.81 bits per heavy atom. The Morgan fingerprint density at radius 2 is 2.03 bits per heavy atom. The zero-order valence-electron chi connectivity index (χ0n) is 17.7. The normalized spacial score (nSPS) is 18.5. The molecule has 0 unspecified atom stereocenters. The molecule has 1 aromatic carbocycles. The Labute approximate surface area is 181 Å². The number of carbonyl (C=O) groups is 2. The molecule has 2 heterocycles. The van der Waals surface area contributed by atoms with Crippen molar-refractivity contribution in [2.45, 2.75) is 51.3 Å². The van der Waals surface area contributed by atoms with E-state index in [1.54, 1.807) is 12.3 Å². The van der Waals surface area contributed by atoms with Gasteiger partial charge in [-0.3, -0.25) is 9.78 Å². The molecule has 7 nitrogen and oxygen atoms in total. The van der Waals surface area contributed by atoms with Crippen molar-refractivity contribution in [1.29, 1.82) is 0 Å². The van der Waals surface area contributed by atoms with Crippen LogP contribution >= 0.6 is 0 Å². The average molecular weight is 421 g/mol. The van der Waals surface area contributed by atoms with E-state index in [-0.39, 0.29) is 24.6 Å². The Balaban J connectivity index is 1.35. The number of aromatic amines is 1. The highest BCUT2D eigenvalue weighted by atomic mass is 16.5. The van der Waals surface area contributed by atoms with Crippen LogP contribution < -0.4 is 5.32 Å². The number of alkyl carbamates (subject to hydrolysis) is 1. The third-order valence-corrected chi connectivity index (χ3v) is 5.84. The number of carbonyl (C=O) groups excluding carboxylic acids is 2. The number of aromatic nitrogens is 2. The van der Waals surface area contributed by atoms with E-state index in [2.05, 4.69) is 15.3 Å². The van der Waals surface area contributed by atoms with Crippen LogP contribution in [0.5, 0.6) is 0 Å². The lowest BCUT2D eigenvalue weighted by molar-refractivity contribution is 0.0620. The fourth-order valence-electron chi connectivity index (χ4n) is 4.30. The smallest absolute Gasteiger partial charge is 0.407 e. The van der Waals surface area contributed by atoms with Crippen molar-refractivity contribution >= 4 is 23.0 Å². The molecule has 1 aliphatic rings. The standard InChI is InChI=1S/C24H28N4O3/c1-2-28(23(29)22-15-21-20(27-22)12-7-13-25-21)19-11-6-10-18(14-19)26-24(30)31-16-17-8-4-3-5-9-17/h3-5,7-9,12-13,15,18-19,27H,2,6,10-11,14,16H2,1H3,(H,26,30)/t18-,19+/m1/s1. The van der Waals surface area contributed by atoms with Gasteiger partial charge in [0.2, 0.25) is 0 Å². The number of H-pyrrole nitrogens is 1. The van der Waals surface area contributed by atoms with Crippen molar-refractivity contribution in [3.05, 3.63) is 66.0 Å². The predicted molar refractivity (Wildman–Crippen MR) is 119 cm³/mol. The molecule has 1 aliphatic carbocycles. The molecule has 2 atom stereocenters. The summed E-state index contributed by atoms with van der Waals surface area (Å²) in [6, 6.07) is 15.2. The molecule has 0 spiro atoms. The van der Waals surface area contributed by atoms with Crippen LogP contribution in [0.25, 0.3) is 11.0 Å². The van der Waals surface area contributed by atoms with Gasteiger partial charge in [-0.1, -0.05) is 30.3 Å². The zero-order valence-corrected chi connectivity index (χ0v) is 17.7. The number of hydrogen-bond acceptors (Lipinski definition) is 4. The maximum atomic E-state index is 13.2. The number of hydrogen-bond donors (Lipinski definition) is 2. The van der Waals surface area contributed by atoms with Crippen molar-refractivity contribution in [3.8, 4) is 0 Å². The molecule has 2 amide bonds.